The fraction of sp³-hybridized carbons (Fsp3) is 0.200. The minimum atomic E-state index is -1.02. The summed E-state index contributed by atoms with van der Waals surface area (Å²) < 4.78 is 24.6. The van der Waals surface area contributed by atoms with Crippen molar-refractivity contribution >= 4 is 11.6 Å². The first-order chi connectivity index (χ1) is 4.61. The molecule has 0 aliphatic heterocycles. The van der Waals surface area contributed by atoms with Crippen LogP contribution in [0.4, 0.5) is 8.78 Å². The molecule has 0 spiro atoms. The average molecular weight is 165 g/mol. The van der Waals surface area contributed by atoms with Crippen LogP contribution in [0.5, 0.6) is 0 Å². The number of rotatable bonds is 0. The molecule has 54 valence electrons. The normalized spacial score (nSPS) is 10.0. The molecule has 1 aromatic heterocycles. The second-order valence-corrected chi connectivity index (χ2v) is 2.04. The molecule has 1 heterocycles. The summed E-state index contributed by atoms with van der Waals surface area (Å²) in [6, 6.07) is 0. The van der Waals surface area contributed by atoms with Gasteiger partial charge in [0.05, 0.1) is 0 Å². The van der Waals surface area contributed by atoms with Crippen LogP contribution < -0.4 is 0 Å². The zero-order valence-corrected chi connectivity index (χ0v) is 5.78. The number of aromatic nitrogens is 2. The van der Waals surface area contributed by atoms with Gasteiger partial charge in [-0.3, -0.25) is 0 Å². The largest absolute Gasteiger partial charge is 0.238 e. The van der Waals surface area contributed by atoms with Crippen molar-refractivity contribution in [3.63, 3.8) is 0 Å². The minimum Gasteiger partial charge on any atom is -0.203 e. The van der Waals surface area contributed by atoms with Crippen molar-refractivity contribution < 1.29 is 8.78 Å². The molecule has 0 atom stereocenters. The van der Waals surface area contributed by atoms with Crippen molar-refractivity contribution in [2.75, 3.05) is 0 Å². The first-order valence-corrected chi connectivity index (χ1v) is 2.84. The Morgan fingerprint density at radius 3 is 2.00 bits per heavy atom. The van der Waals surface area contributed by atoms with E-state index in [0.717, 1.165) is 0 Å². The summed E-state index contributed by atoms with van der Waals surface area (Å²) in [4.78, 5) is 6.37. The van der Waals surface area contributed by atoms with Crippen LogP contribution in [0.1, 0.15) is 5.82 Å². The Morgan fingerprint density at radius 1 is 1.20 bits per heavy atom. The molecule has 0 radical (unpaired) electrons. The Bertz CT molecular complexity index is 241. The van der Waals surface area contributed by atoms with Crippen molar-refractivity contribution in [2.45, 2.75) is 6.92 Å². The summed E-state index contributed by atoms with van der Waals surface area (Å²) in [5, 5.41) is -0.661. The van der Waals surface area contributed by atoms with E-state index in [4.69, 9.17) is 11.6 Å². The van der Waals surface area contributed by atoms with Crippen LogP contribution in [-0.2, 0) is 0 Å². The highest BCUT2D eigenvalue weighted by Crippen LogP contribution is 2.14. The first-order valence-electron chi connectivity index (χ1n) is 2.46. The van der Waals surface area contributed by atoms with Crippen molar-refractivity contribution in [2.24, 2.45) is 0 Å². The number of nitrogens with zero attached hydrogens (tertiary/aromatic N) is 2. The highest BCUT2D eigenvalue weighted by Gasteiger charge is 2.08. The Morgan fingerprint density at radius 2 is 1.60 bits per heavy atom. The molecule has 0 aromatic carbocycles. The van der Waals surface area contributed by atoms with E-state index in [1.165, 1.54) is 6.92 Å². The highest BCUT2D eigenvalue weighted by atomic mass is 35.5. The molecular formula is C5H3ClF2N2. The lowest BCUT2D eigenvalue weighted by atomic mass is 10.6. The van der Waals surface area contributed by atoms with Gasteiger partial charge < -0.3 is 0 Å². The van der Waals surface area contributed by atoms with Crippen molar-refractivity contribution in [3.05, 3.63) is 22.7 Å². The zero-order chi connectivity index (χ0) is 7.72. The van der Waals surface area contributed by atoms with Gasteiger partial charge in [0.15, 0.2) is 5.02 Å². The maximum atomic E-state index is 12.3. The number of hydrogen-bond donors (Lipinski definition) is 0. The summed E-state index contributed by atoms with van der Waals surface area (Å²) in [6.45, 7) is 1.38. The highest BCUT2D eigenvalue weighted by molar-refractivity contribution is 6.30. The smallest absolute Gasteiger partial charge is 0.203 e. The van der Waals surface area contributed by atoms with Crippen LogP contribution >= 0.6 is 11.6 Å². The Kier molecular flexibility index (Phi) is 1.80. The number of halogens is 3. The van der Waals surface area contributed by atoms with E-state index in [0.29, 0.717) is 0 Å². The quantitative estimate of drug-likeness (QED) is 0.546. The third-order valence-corrected chi connectivity index (χ3v) is 1.19. The molecule has 2 nitrogen and oxygen atoms in total. The van der Waals surface area contributed by atoms with Crippen molar-refractivity contribution in [1.29, 1.82) is 0 Å². The predicted octanol–water partition coefficient (Wildman–Crippen LogP) is 1.72. The molecule has 0 unspecified atom stereocenters. The van der Waals surface area contributed by atoms with Gasteiger partial charge >= 0.3 is 0 Å². The standard InChI is InChI=1S/C5H3ClF2N2/c1-2-9-4(7)3(6)5(8)10-2/h1H3. The monoisotopic (exact) mass is 164 g/mol. The lowest BCUT2D eigenvalue weighted by molar-refractivity contribution is 0.519. The van der Waals surface area contributed by atoms with E-state index < -0.39 is 16.9 Å². The zero-order valence-electron chi connectivity index (χ0n) is 5.03. The summed E-state index contributed by atoms with van der Waals surface area (Å²) >= 11 is 5.07. The Balaban J connectivity index is 3.31. The fourth-order valence-electron chi connectivity index (χ4n) is 0.492. The maximum Gasteiger partial charge on any atom is 0.238 e. The molecule has 0 N–H and O–H groups in total. The van der Waals surface area contributed by atoms with Crippen molar-refractivity contribution in [1.82, 2.24) is 9.97 Å². The van der Waals surface area contributed by atoms with E-state index in [1.54, 1.807) is 0 Å². The molecule has 10 heavy (non-hydrogen) atoms. The third kappa shape index (κ3) is 1.21. The van der Waals surface area contributed by atoms with Gasteiger partial charge in [-0.25, -0.2) is 9.97 Å². The average Bonchev–Trinajstić information content (AvgIpc) is 1.82. The second kappa shape index (κ2) is 2.46. The van der Waals surface area contributed by atoms with E-state index in [1.807, 2.05) is 0 Å². The van der Waals surface area contributed by atoms with Gasteiger partial charge in [0, 0.05) is 0 Å². The second-order valence-electron chi connectivity index (χ2n) is 1.67. The van der Waals surface area contributed by atoms with Crippen molar-refractivity contribution in [3.8, 4) is 0 Å². The SMILES string of the molecule is Cc1nc(F)c(Cl)c(F)n1. The molecule has 1 rings (SSSR count). The lowest BCUT2D eigenvalue weighted by Gasteiger charge is -1.94. The van der Waals surface area contributed by atoms with Gasteiger partial charge in [-0.1, -0.05) is 11.6 Å². The number of aryl methyl sites for hydroxylation is 1. The van der Waals surface area contributed by atoms with Crippen LogP contribution in [0.25, 0.3) is 0 Å². The summed E-state index contributed by atoms with van der Waals surface area (Å²) in [5.41, 5.74) is 0. The predicted molar refractivity (Wildman–Crippen MR) is 31.7 cm³/mol. The molecule has 0 amide bonds. The van der Waals surface area contributed by atoms with Crippen LogP contribution in [-0.4, -0.2) is 9.97 Å². The summed E-state index contributed by atoms with van der Waals surface area (Å²) in [6.07, 6.45) is 0. The molecule has 0 saturated heterocycles. The van der Waals surface area contributed by atoms with E-state index in [9.17, 15) is 8.78 Å². The maximum absolute atomic E-state index is 12.3. The number of hydrogen-bond acceptors (Lipinski definition) is 2. The third-order valence-electron chi connectivity index (χ3n) is 0.882. The van der Waals surface area contributed by atoms with Gasteiger partial charge in [-0.05, 0) is 6.92 Å². The van der Waals surface area contributed by atoms with E-state index >= 15 is 0 Å². The van der Waals surface area contributed by atoms with Gasteiger partial charge in [0.25, 0.3) is 0 Å². The summed E-state index contributed by atoms with van der Waals surface area (Å²) in [5.74, 6) is -2.02. The Hall–Kier alpha value is -0.770. The minimum absolute atomic E-state index is 0.0272. The molecule has 0 aliphatic rings. The van der Waals surface area contributed by atoms with Crippen LogP contribution in [0.15, 0.2) is 0 Å². The van der Waals surface area contributed by atoms with E-state index in [2.05, 4.69) is 9.97 Å². The summed E-state index contributed by atoms with van der Waals surface area (Å²) in [7, 11) is 0. The topological polar surface area (TPSA) is 25.8 Å². The van der Waals surface area contributed by atoms with E-state index in [-0.39, 0.29) is 5.82 Å². The van der Waals surface area contributed by atoms with Gasteiger partial charge in [-0.15, -0.1) is 0 Å². The fourth-order valence-corrected chi connectivity index (χ4v) is 0.577. The van der Waals surface area contributed by atoms with Gasteiger partial charge in [-0.2, -0.15) is 8.78 Å². The van der Waals surface area contributed by atoms with Crippen LogP contribution in [0, 0.1) is 18.8 Å². The molecular weight excluding hydrogens is 162 g/mol. The molecule has 0 saturated carbocycles. The Labute approximate surface area is 60.9 Å². The van der Waals surface area contributed by atoms with Gasteiger partial charge in [0.2, 0.25) is 11.9 Å². The molecule has 0 aliphatic carbocycles. The van der Waals surface area contributed by atoms with Crippen LogP contribution in [0.3, 0.4) is 0 Å². The molecule has 0 fully saturated rings. The molecule has 1 aromatic rings. The molecule has 5 heteroatoms. The van der Waals surface area contributed by atoms with Crippen LogP contribution in [0.2, 0.25) is 5.02 Å². The first kappa shape index (κ1) is 7.34. The lowest BCUT2D eigenvalue weighted by Crippen LogP contribution is -1.96. The van der Waals surface area contributed by atoms with Gasteiger partial charge in [0.1, 0.15) is 5.82 Å². The molecule has 0 bridgehead atoms.